The van der Waals surface area contributed by atoms with E-state index >= 15 is 0 Å². The topological polar surface area (TPSA) is 44.9 Å². The predicted octanol–water partition coefficient (Wildman–Crippen LogP) is 3.07. The third kappa shape index (κ3) is 2.11. The Kier molecular flexibility index (Phi) is 2.78. The van der Waals surface area contributed by atoms with Gasteiger partial charge in [-0.15, -0.1) is 0 Å². The third-order valence-corrected chi connectivity index (χ3v) is 4.17. The summed E-state index contributed by atoms with van der Waals surface area (Å²) >= 11 is 0. The molecule has 0 fully saturated rings. The molecule has 21 heavy (non-hydrogen) atoms. The number of benzene rings is 2. The molecule has 3 heteroatoms. The highest BCUT2D eigenvalue weighted by Crippen LogP contribution is 2.30. The highest BCUT2D eigenvalue weighted by Gasteiger charge is 2.26. The summed E-state index contributed by atoms with van der Waals surface area (Å²) in [4.78, 5) is 15.7. The van der Waals surface area contributed by atoms with Crippen molar-refractivity contribution < 1.29 is 4.79 Å². The van der Waals surface area contributed by atoms with E-state index in [2.05, 4.69) is 28.5 Å². The Morgan fingerprint density at radius 2 is 1.76 bits per heavy atom. The van der Waals surface area contributed by atoms with Gasteiger partial charge in [-0.3, -0.25) is 4.79 Å². The normalized spacial score (nSPS) is 16.9. The highest BCUT2D eigenvalue weighted by atomic mass is 16.1. The van der Waals surface area contributed by atoms with Crippen molar-refractivity contribution in [3.8, 4) is 0 Å². The van der Waals surface area contributed by atoms with E-state index in [9.17, 15) is 4.79 Å². The van der Waals surface area contributed by atoms with Crippen LogP contribution in [-0.2, 0) is 12.8 Å². The molecule has 0 radical (unpaired) electrons. The number of para-hydroxylation sites is 1. The van der Waals surface area contributed by atoms with Crippen LogP contribution in [0, 0.1) is 0 Å². The Morgan fingerprint density at radius 1 is 1.00 bits per heavy atom. The predicted molar refractivity (Wildman–Crippen MR) is 83.4 cm³/mol. The van der Waals surface area contributed by atoms with Gasteiger partial charge in [-0.05, 0) is 30.2 Å². The van der Waals surface area contributed by atoms with Gasteiger partial charge in [-0.25, -0.2) is 0 Å². The first-order valence-electron chi connectivity index (χ1n) is 7.25. The maximum Gasteiger partial charge on any atom is 0.251 e. The highest BCUT2D eigenvalue weighted by molar-refractivity contribution is 5.94. The summed E-state index contributed by atoms with van der Waals surface area (Å²) in [5.41, 5.74) is 4.52. The summed E-state index contributed by atoms with van der Waals surface area (Å²) < 4.78 is 0. The van der Waals surface area contributed by atoms with Crippen molar-refractivity contribution in [1.29, 1.82) is 0 Å². The zero-order chi connectivity index (χ0) is 14.2. The maximum absolute atomic E-state index is 12.2. The number of hydrogen-bond acceptors (Lipinski definition) is 1. The van der Waals surface area contributed by atoms with Crippen LogP contribution in [0.15, 0.2) is 54.6 Å². The third-order valence-electron chi connectivity index (χ3n) is 4.17. The van der Waals surface area contributed by atoms with Crippen LogP contribution in [0.4, 0.5) is 0 Å². The molecule has 0 bridgehead atoms. The fraction of sp³-hybridized carbons (Fsp3) is 0.167. The van der Waals surface area contributed by atoms with Crippen molar-refractivity contribution in [3.63, 3.8) is 0 Å². The molecule has 1 unspecified atom stereocenters. The first-order chi connectivity index (χ1) is 10.3. The second kappa shape index (κ2) is 4.77. The van der Waals surface area contributed by atoms with Gasteiger partial charge in [-0.2, -0.15) is 0 Å². The number of nitrogens with one attached hydrogen (secondary N) is 2. The fourth-order valence-electron chi connectivity index (χ4n) is 3.19. The molecule has 1 aliphatic carbocycles. The largest absolute Gasteiger partial charge is 0.358 e. The molecule has 2 aromatic carbocycles. The van der Waals surface area contributed by atoms with Gasteiger partial charge in [0.2, 0.25) is 0 Å². The zero-order valence-electron chi connectivity index (χ0n) is 11.6. The quantitative estimate of drug-likeness (QED) is 0.742. The summed E-state index contributed by atoms with van der Waals surface area (Å²) in [5, 5.41) is 4.42. The van der Waals surface area contributed by atoms with Crippen LogP contribution in [0.5, 0.6) is 0 Å². The molecule has 1 aromatic heterocycles. The van der Waals surface area contributed by atoms with Crippen molar-refractivity contribution in [2.24, 2.45) is 0 Å². The van der Waals surface area contributed by atoms with Gasteiger partial charge in [0.15, 0.2) is 0 Å². The van der Waals surface area contributed by atoms with E-state index in [-0.39, 0.29) is 11.9 Å². The maximum atomic E-state index is 12.2. The minimum atomic E-state index is 0.00931. The van der Waals surface area contributed by atoms with Gasteiger partial charge < -0.3 is 10.3 Å². The van der Waals surface area contributed by atoms with E-state index in [0.717, 1.165) is 18.4 Å². The van der Waals surface area contributed by atoms with Gasteiger partial charge in [0, 0.05) is 34.6 Å². The Bertz CT molecular complexity index is 804. The van der Waals surface area contributed by atoms with Crippen molar-refractivity contribution in [2.45, 2.75) is 18.9 Å². The molecule has 2 N–H and O–H groups in total. The van der Waals surface area contributed by atoms with Crippen LogP contribution in [-0.4, -0.2) is 16.9 Å². The zero-order valence-corrected chi connectivity index (χ0v) is 11.6. The van der Waals surface area contributed by atoms with E-state index in [4.69, 9.17) is 0 Å². The second-order valence-electron chi connectivity index (χ2n) is 5.57. The van der Waals surface area contributed by atoms with Crippen LogP contribution >= 0.6 is 0 Å². The number of amides is 1. The van der Waals surface area contributed by atoms with Crippen molar-refractivity contribution in [2.75, 3.05) is 0 Å². The van der Waals surface area contributed by atoms with Crippen LogP contribution in [0.2, 0.25) is 0 Å². The standard InChI is InChI=1S/C18H16N2O/c21-18(12-6-2-1-3-7-12)19-13-10-15-14-8-4-5-9-16(14)20-17(15)11-13/h1-9,13,20H,10-11H2,(H,19,21). The van der Waals surface area contributed by atoms with Gasteiger partial charge in [-0.1, -0.05) is 36.4 Å². The minimum absolute atomic E-state index is 0.00931. The lowest BCUT2D eigenvalue weighted by molar-refractivity contribution is 0.0938. The van der Waals surface area contributed by atoms with Gasteiger partial charge in [0.1, 0.15) is 0 Å². The van der Waals surface area contributed by atoms with Gasteiger partial charge in [0.25, 0.3) is 5.91 Å². The Labute approximate surface area is 123 Å². The van der Waals surface area contributed by atoms with Gasteiger partial charge >= 0.3 is 0 Å². The molecular weight excluding hydrogens is 260 g/mol. The van der Waals surface area contributed by atoms with Gasteiger partial charge in [0.05, 0.1) is 0 Å². The lowest BCUT2D eigenvalue weighted by atomic mass is 10.1. The minimum Gasteiger partial charge on any atom is -0.358 e. The average Bonchev–Trinajstić information content (AvgIpc) is 3.05. The van der Waals surface area contributed by atoms with Crippen LogP contribution in [0.1, 0.15) is 21.6 Å². The molecule has 0 spiro atoms. The molecule has 4 rings (SSSR count). The lowest BCUT2D eigenvalue weighted by Gasteiger charge is -2.12. The van der Waals surface area contributed by atoms with E-state index < -0.39 is 0 Å². The molecule has 1 heterocycles. The fourth-order valence-corrected chi connectivity index (χ4v) is 3.19. The Balaban J connectivity index is 1.53. The molecule has 1 amide bonds. The second-order valence-corrected chi connectivity index (χ2v) is 5.57. The number of aromatic amines is 1. The molecule has 1 aliphatic rings. The van der Waals surface area contributed by atoms with Crippen molar-refractivity contribution in [1.82, 2.24) is 10.3 Å². The lowest BCUT2D eigenvalue weighted by Crippen LogP contribution is -2.35. The summed E-state index contributed by atoms with van der Waals surface area (Å²) in [5.74, 6) is 0.00931. The SMILES string of the molecule is O=C(NC1Cc2[nH]c3ccccc3c2C1)c1ccccc1. The number of rotatable bonds is 2. The number of H-pyrrole nitrogens is 1. The smallest absolute Gasteiger partial charge is 0.251 e. The molecular formula is C18H16N2O. The first kappa shape index (κ1) is 12.2. The first-order valence-corrected chi connectivity index (χ1v) is 7.25. The van der Waals surface area contributed by atoms with Crippen LogP contribution in [0.25, 0.3) is 10.9 Å². The Morgan fingerprint density at radius 3 is 2.62 bits per heavy atom. The van der Waals surface area contributed by atoms with E-state index in [1.54, 1.807) is 0 Å². The number of fused-ring (bicyclic) bond motifs is 3. The number of carbonyl (C=O) groups excluding carboxylic acids is 1. The monoisotopic (exact) mass is 276 g/mol. The number of aromatic nitrogens is 1. The van der Waals surface area contributed by atoms with E-state index in [1.807, 2.05) is 36.4 Å². The Hall–Kier alpha value is -2.55. The summed E-state index contributed by atoms with van der Waals surface area (Å²) in [6.45, 7) is 0. The molecule has 1 atom stereocenters. The molecule has 0 saturated heterocycles. The van der Waals surface area contributed by atoms with E-state index in [0.29, 0.717) is 0 Å². The van der Waals surface area contributed by atoms with E-state index in [1.165, 1.54) is 22.2 Å². The summed E-state index contributed by atoms with van der Waals surface area (Å²) in [7, 11) is 0. The summed E-state index contributed by atoms with van der Waals surface area (Å²) in [6.07, 6.45) is 1.78. The summed E-state index contributed by atoms with van der Waals surface area (Å²) in [6, 6.07) is 17.9. The average molecular weight is 276 g/mol. The van der Waals surface area contributed by atoms with Crippen molar-refractivity contribution >= 4 is 16.8 Å². The van der Waals surface area contributed by atoms with Crippen LogP contribution in [0.3, 0.4) is 0 Å². The number of carbonyl (C=O) groups is 1. The number of hydrogen-bond donors (Lipinski definition) is 2. The van der Waals surface area contributed by atoms with Crippen molar-refractivity contribution in [3.05, 3.63) is 71.4 Å². The van der Waals surface area contributed by atoms with Crippen LogP contribution < -0.4 is 5.32 Å². The molecule has 3 aromatic rings. The molecule has 104 valence electrons. The molecule has 0 aliphatic heterocycles. The molecule has 0 saturated carbocycles. The molecule has 3 nitrogen and oxygen atoms in total.